The van der Waals surface area contributed by atoms with Gasteiger partial charge in [0.15, 0.2) is 0 Å². The van der Waals surface area contributed by atoms with Crippen LogP contribution in [0.15, 0.2) is 0 Å². The molecule has 76 valence electrons. The summed E-state index contributed by atoms with van der Waals surface area (Å²) in [7, 11) is 0. The fourth-order valence-electron chi connectivity index (χ4n) is 3.30. The van der Waals surface area contributed by atoms with Gasteiger partial charge in [-0.05, 0) is 52.0 Å². The molecule has 0 radical (unpaired) electrons. The van der Waals surface area contributed by atoms with Gasteiger partial charge in [-0.2, -0.15) is 0 Å². The Bertz CT molecular complexity index is 163. The van der Waals surface area contributed by atoms with E-state index >= 15 is 0 Å². The molecule has 0 aromatic carbocycles. The summed E-state index contributed by atoms with van der Waals surface area (Å²) in [5.41, 5.74) is 0. The van der Waals surface area contributed by atoms with Crippen LogP contribution in [0.5, 0.6) is 0 Å². The van der Waals surface area contributed by atoms with Gasteiger partial charge >= 0.3 is 0 Å². The first-order valence-electron chi connectivity index (χ1n) is 6.05. The van der Waals surface area contributed by atoms with Crippen LogP contribution in [0.2, 0.25) is 0 Å². The van der Waals surface area contributed by atoms with Gasteiger partial charge < -0.3 is 0 Å². The maximum Gasteiger partial charge on any atom is 0.0126 e. The van der Waals surface area contributed by atoms with Gasteiger partial charge in [0.05, 0.1) is 0 Å². The maximum absolute atomic E-state index is 2.76. The van der Waals surface area contributed by atoms with Gasteiger partial charge in [-0.15, -0.1) is 0 Å². The van der Waals surface area contributed by atoms with E-state index in [2.05, 4.69) is 18.7 Å². The molecule has 1 heterocycles. The van der Waals surface area contributed by atoms with Crippen LogP contribution in [-0.4, -0.2) is 23.5 Å². The predicted molar refractivity (Wildman–Crippen MR) is 56.8 cm³/mol. The molecule has 2 aliphatic rings. The second-order valence-corrected chi connectivity index (χ2v) is 5.09. The minimum Gasteiger partial charge on any atom is -0.298 e. The maximum atomic E-state index is 2.76. The molecule has 2 fully saturated rings. The summed E-state index contributed by atoms with van der Waals surface area (Å²) in [6.07, 6.45) is 8.90. The normalized spacial score (nSPS) is 36.2. The first kappa shape index (κ1) is 9.51. The van der Waals surface area contributed by atoms with E-state index in [0.717, 1.165) is 18.0 Å². The first-order valence-corrected chi connectivity index (χ1v) is 6.05. The standard InChI is InChI=1S/C12H23N/c1-10(2)13-9-5-7-11-6-3-4-8-12(11)13/h10-12H,3-9H2,1-2H3/t11-,12-/m0/s1. The highest BCUT2D eigenvalue weighted by molar-refractivity contribution is 4.88. The molecule has 1 nitrogen and oxygen atoms in total. The molecule has 2 rings (SSSR count). The van der Waals surface area contributed by atoms with Crippen LogP contribution in [0, 0.1) is 5.92 Å². The van der Waals surface area contributed by atoms with E-state index in [1.807, 2.05) is 0 Å². The number of nitrogens with zero attached hydrogens (tertiary/aromatic N) is 1. The quantitative estimate of drug-likeness (QED) is 0.601. The van der Waals surface area contributed by atoms with Gasteiger partial charge in [0.2, 0.25) is 0 Å². The van der Waals surface area contributed by atoms with Crippen molar-refractivity contribution in [1.29, 1.82) is 0 Å². The molecule has 0 N–H and O–H groups in total. The van der Waals surface area contributed by atoms with Crippen LogP contribution in [0.3, 0.4) is 0 Å². The molecule has 1 aliphatic heterocycles. The zero-order valence-corrected chi connectivity index (χ0v) is 9.13. The summed E-state index contributed by atoms with van der Waals surface area (Å²) in [6.45, 7) is 6.08. The Morgan fingerprint density at radius 1 is 1.00 bits per heavy atom. The number of hydrogen-bond donors (Lipinski definition) is 0. The van der Waals surface area contributed by atoms with E-state index < -0.39 is 0 Å². The van der Waals surface area contributed by atoms with Crippen molar-refractivity contribution >= 4 is 0 Å². The molecule has 0 amide bonds. The molecular weight excluding hydrogens is 158 g/mol. The lowest BCUT2D eigenvalue weighted by Crippen LogP contribution is -2.49. The van der Waals surface area contributed by atoms with Crippen molar-refractivity contribution in [1.82, 2.24) is 4.90 Å². The third kappa shape index (κ3) is 1.90. The third-order valence-corrected chi connectivity index (χ3v) is 3.95. The number of rotatable bonds is 1. The van der Waals surface area contributed by atoms with Crippen molar-refractivity contribution in [2.24, 2.45) is 5.92 Å². The molecule has 1 saturated carbocycles. The lowest BCUT2D eigenvalue weighted by molar-refractivity contribution is 0.0371. The number of likely N-dealkylation sites (tertiary alicyclic amines) is 1. The van der Waals surface area contributed by atoms with Gasteiger partial charge in [-0.3, -0.25) is 4.90 Å². The lowest BCUT2D eigenvalue weighted by atomic mass is 9.78. The average Bonchev–Trinajstić information content (AvgIpc) is 2.17. The predicted octanol–water partition coefficient (Wildman–Crippen LogP) is 3.05. The summed E-state index contributed by atoms with van der Waals surface area (Å²) in [4.78, 5) is 2.76. The van der Waals surface area contributed by atoms with Crippen LogP contribution >= 0.6 is 0 Å². The third-order valence-electron chi connectivity index (χ3n) is 3.95. The first-order chi connectivity index (χ1) is 6.29. The van der Waals surface area contributed by atoms with Crippen molar-refractivity contribution in [3.8, 4) is 0 Å². The van der Waals surface area contributed by atoms with Crippen LogP contribution in [0.1, 0.15) is 52.4 Å². The molecule has 0 unspecified atom stereocenters. The SMILES string of the molecule is CC(C)N1CCC[C@@H]2CCCC[C@@H]21. The zero-order chi connectivity index (χ0) is 9.26. The summed E-state index contributed by atoms with van der Waals surface area (Å²) in [5.74, 6) is 1.05. The Morgan fingerprint density at radius 2 is 1.69 bits per heavy atom. The summed E-state index contributed by atoms with van der Waals surface area (Å²) in [5, 5.41) is 0. The van der Waals surface area contributed by atoms with E-state index in [0.29, 0.717) is 0 Å². The van der Waals surface area contributed by atoms with E-state index in [1.165, 1.54) is 45.1 Å². The van der Waals surface area contributed by atoms with E-state index in [9.17, 15) is 0 Å². The molecule has 0 aromatic rings. The second-order valence-electron chi connectivity index (χ2n) is 5.09. The van der Waals surface area contributed by atoms with Crippen LogP contribution in [0.25, 0.3) is 0 Å². The zero-order valence-electron chi connectivity index (χ0n) is 9.13. The Morgan fingerprint density at radius 3 is 2.46 bits per heavy atom. The van der Waals surface area contributed by atoms with Gasteiger partial charge in [0.25, 0.3) is 0 Å². The van der Waals surface area contributed by atoms with Crippen molar-refractivity contribution < 1.29 is 0 Å². The smallest absolute Gasteiger partial charge is 0.0126 e. The molecule has 1 heteroatoms. The highest BCUT2D eigenvalue weighted by Gasteiger charge is 2.33. The highest BCUT2D eigenvalue weighted by atomic mass is 15.2. The molecule has 0 aromatic heterocycles. The monoisotopic (exact) mass is 181 g/mol. The Labute approximate surface area is 82.5 Å². The van der Waals surface area contributed by atoms with Crippen molar-refractivity contribution in [3.63, 3.8) is 0 Å². The van der Waals surface area contributed by atoms with Gasteiger partial charge in [0, 0.05) is 12.1 Å². The van der Waals surface area contributed by atoms with Crippen LogP contribution in [0.4, 0.5) is 0 Å². The lowest BCUT2D eigenvalue weighted by Gasteiger charge is -2.46. The van der Waals surface area contributed by atoms with E-state index in [4.69, 9.17) is 0 Å². The Balaban J connectivity index is 2.02. The molecule has 1 aliphatic carbocycles. The van der Waals surface area contributed by atoms with E-state index in [-0.39, 0.29) is 0 Å². The molecule has 1 saturated heterocycles. The number of fused-ring (bicyclic) bond motifs is 1. The largest absolute Gasteiger partial charge is 0.298 e. The highest BCUT2D eigenvalue weighted by Crippen LogP contribution is 2.35. The van der Waals surface area contributed by atoms with Crippen molar-refractivity contribution in [2.45, 2.75) is 64.5 Å². The van der Waals surface area contributed by atoms with Crippen LogP contribution < -0.4 is 0 Å². The van der Waals surface area contributed by atoms with E-state index in [1.54, 1.807) is 0 Å². The average molecular weight is 181 g/mol. The minimum absolute atomic E-state index is 0.769. The Kier molecular flexibility index (Phi) is 2.92. The summed E-state index contributed by atoms with van der Waals surface area (Å²) < 4.78 is 0. The molecule has 0 bridgehead atoms. The minimum atomic E-state index is 0.769. The number of piperidine rings is 1. The number of hydrogen-bond acceptors (Lipinski definition) is 1. The van der Waals surface area contributed by atoms with Crippen molar-refractivity contribution in [3.05, 3.63) is 0 Å². The summed E-state index contributed by atoms with van der Waals surface area (Å²) in [6, 6.07) is 1.72. The fraction of sp³-hybridized carbons (Fsp3) is 1.00. The van der Waals surface area contributed by atoms with Gasteiger partial charge in [-0.25, -0.2) is 0 Å². The molecule has 2 atom stereocenters. The summed E-state index contributed by atoms with van der Waals surface area (Å²) >= 11 is 0. The second kappa shape index (κ2) is 4.00. The topological polar surface area (TPSA) is 3.24 Å². The van der Waals surface area contributed by atoms with Gasteiger partial charge in [-0.1, -0.05) is 12.8 Å². The van der Waals surface area contributed by atoms with Crippen molar-refractivity contribution in [2.75, 3.05) is 6.54 Å². The Hall–Kier alpha value is -0.0400. The molecule has 13 heavy (non-hydrogen) atoms. The fourth-order valence-corrected chi connectivity index (χ4v) is 3.30. The molecular formula is C12H23N. The van der Waals surface area contributed by atoms with Gasteiger partial charge in [0.1, 0.15) is 0 Å². The van der Waals surface area contributed by atoms with Crippen LogP contribution in [-0.2, 0) is 0 Å². The molecule has 0 spiro atoms.